The predicted molar refractivity (Wildman–Crippen MR) is 67.6 cm³/mol. The second-order valence-corrected chi connectivity index (χ2v) is 4.29. The van der Waals surface area contributed by atoms with Gasteiger partial charge in [-0.2, -0.15) is 4.39 Å². The van der Waals surface area contributed by atoms with Gasteiger partial charge in [-0.15, -0.1) is 0 Å². The summed E-state index contributed by atoms with van der Waals surface area (Å²) in [7, 11) is 0. The lowest BCUT2D eigenvalue weighted by Gasteiger charge is -2.15. The van der Waals surface area contributed by atoms with Crippen molar-refractivity contribution in [3.63, 3.8) is 0 Å². The molecule has 0 saturated heterocycles. The van der Waals surface area contributed by atoms with Crippen LogP contribution in [0.3, 0.4) is 0 Å². The number of rotatable bonds is 3. The van der Waals surface area contributed by atoms with E-state index in [0.29, 0.717) is 11.4 Å². The molecular formula is C13H11ClF2N2. The number of aromatic nitrogens is 1. The van der Waals surface area contributed by atoms with Crippen LogP contribution in [0.2, 0.25) is 5.02 Å². The van der Waals surface area contributed by atoms with E-state index in [-0.39, 0.29) is 11.1 Å². The summed E-state index contributed by atoms with van der Waals surface area (Å²) in [5.41, 5.74) is 0.711. The third kappa shape index (κ3) is 2.96. The molecule has 94 valence electrons. The number of benzene rings is 1. The van der Waals surface area contributed by atoms with Crippen molar-refractivity contribution < 1.29 is 8.78 Å². The highest BCUT2D eigenvalue weighted by Crippen LogP contribution is 2.22. The summed E-state index contributed by atoms with van der Waals surface area (Å²) in [6, 6.07) is 8.81. The zero-order valence-electron chi connectivity index (χ0n) is 9.62. The van der Waals surface area contributed by atoms with Crippen molar-refractivity contribution in [2.45, 2.75) is 13.0 Å². The summed E-state index contributed by atoms with van der Waals surface area (Å²) in [4.78, 5) is 3.68. The first kappa shape index (κ1) is 12.8. The zero-order valence-corrected chi connectivity index (χ0v) is 10.4. The molecule has 5 heteroatoms. The average Bonchev–Trinajstić information content (AvgIpc) is 2.32. The van der Waals surface area contributed by atoms with Gasteiger partial charge < -0.3 is 5.32 Å². The first-order chi connectivity index (χ1) is 8.56. The second-order valence-electron chi connectivity index (χ2n) is 3.89. The molecule has 1 heterocycles. The van der Waals surface area contributed by atoms with Gasteiger partial charge in [-0.05, 0) is 36.8 Å². The molecule has 1 atom stereocenters. The molecule has 0 fully saturated rings. The van der Waals surface area contributed by atoms with E-state index in [4.69, 9.17) is 11.6 Å². The van der Waals surface area contributed by atoms with Crippen molar-refractivity contribution in [3.8, 4) is 0 Å². The molecule has 1 aromatic carbocycles. The lowest BCUT2D eigenvalue weighted by Crippen LogP contribution is -2.08. The smallest absolute Gasteiger partial charge is 0.214 e. The summed E-state index contributed by atoms with van der Waals surface area (Å²) in [5, 5.41) is 3.06. The van der Waals surface area contributed by atoms with Gasteiger partial charge in [0.2, 0.25) is 5.95 Å². The van der Waals surface area contributed by atoms with Gasteiger partial charge in [0.25, 0.3) is 0 Å². The van der Waals surface area contributed by atoms with Gasteiger partial charge in [0.15, 0.2) is 0 Å². The summed E-state index contributed by atoms with van der Waals surface area (Å²) < 4.78 is 26.2. The minimum Gasteiger partial charge on any atom is -0.363 e. The number of nitrogens with zero attached hydrogens (tertiary/aromatic N) is 1. The molecule has 2 rings (SSSR count). The van der Waals surface area contributed by atoms with Crippen LogP contribution in [0.25, 0.3) is 0 Å². The van der Waals surface area contributed by atoms with E-state index in [1.807, 2.05) is 6.92 Å². The minimum atomic E-state index is -0.561. The van der Waals surface area contributed by atoms with Gasteiger partial charge in [0, 0.05) is 0 Å². The molecule has 0 radical (unpaired) electrons. The Kier molecular flexibility index (Phi) is 3.77. The molecule has 0 aliphatic rings. The van der Waals surface area contributed by atoms with Gasteiger partial charge in [-0.25, -0.2) is 9.37 Å². The SMILES string of the molecule is CC(Nc1cccc(F)n1)c1ccc(Cl)c(F)c1. The summed E-state index contributed by atoms with van der Waals surface area (Å²) in [6.07, 6.45) is 0. The highest BCUT2D eigenvalue weighted by molar-refractivity contribution is 6.30. The van der Waals surface area contributed by atoms with Crippen LogP contribution < -0.4 is 5.32 Å². The monoisotopic (exact) mass is 268 g/mol. The Hall–Kier alpha value is -1.68. The molecule has 2 nitrogen and oxygen atoms in total. The van der Waals surface area contributed by atoms with Crippen LogP contribution in [0.1, 0.15) is 18.5 Å². The molecule has 0 spiro atoms. The summed E-state index contributed by atoms with van der Waals surface area (Å²) in [5.74, 6) is -0.637. The maximum Gasteiger partial charge on any atom is 0.214 e. The van der Waals surface area contributed by atoms with Crippen LogP contribution in [0.15, 0.2) is 36.4 Å². The van der Waals surface area contributed by atoms with Crippen molar-refractivity contribution in [1.29, 1.82) is 0 Å². The van der Waals surface area contributed by atoms with Gasteiger partial charge in [0.05, 0.1) is 11.1 Å². The zero-order chi connectivity index (χ0) is 13.1. The molecular weight excluding hydrogens is 258 g/mol. The topological polar surface area (TPSA) is 24.9 Å². The Morgan fingerprint density at radius 3 is 2.67 bits per heavy atom. The van der Waals surface area contributed by atoms with E-state index in [1.165, 1.54) is 18.2 Å². The van der Waals surface area contributed by atoms with E-state index < -0.39 is 11.8 Å². The molecule has 0 aliphatic heterocycles. The molecule has 0 aliphatic carbocycles. The fourth-order valence-corrected chi connectivity index (χ4v) is 1.69. The summed E-state index contributed by atoms with van der Waals surface area (Å²) >= 11 is 5.61. The van der Waals surface area contributed by atoms with E-state index >= 15 is 0 Å². The standard InChI is InChI=1S/C13H11ClF2N2/c1-8(9-5-6-10(14)11(15)7-9)17-13-4-2-3-12(16)18-13/h2-8H,1H3,(H,17,18). The number of hydrogen-bond acceptors (Lipinski definition) is 2. The van der Waals surface area contributed by atoms with Gasteiger partial charge in [-0.3, -0.25) is 0 Å². The lowest BCUT2D eigenvalue weighted by molar-refractivity contribution is 0.584. The Morgan fingerprint density at radius 1 is 1.22 bits per heavy atom. The number of anilines is 1. The summed E-state index contributed by atoms with van der Waals surface area (Å²) in [6.45, 7) is 1.83. The number of nitrogens with one attached hydrogen (secondary N) is 1. The number of hydrogen-bond donors (Lipinski definition) is 1. The van der Waals surface area contributed by atoms with Crippen molar-refractivity contribution in [1.82, 2.24) is 4.98 Å². The first-order valence-electron chi connectivity index (χ1n) is 5.40. The normalized spacial score (nSPS) is 12.2. The first-order valence-corrected chi connectivity index (χ1v) is 5.78. The minimum absolute atomic E-state index is 0.0785. The molecule has 1 unspecified atom stereocenters. The number of pyridine rings is 1. The molecule has 1 N–H and O–H groups in total. The fourth-order valence-electron chi connectivity index (χ4n) is 1.58. The van der Waals surface area contributed by atoms with Gasteiger partial charge in [0.1, 0.15) is 11.6 Å². The van der Waals surface area contributed by atoms with Crippen molar-refractivity contribution in [2.24, 2.45) is 0 Å². The molecule has 0 amide bonds. The Balaban J connectivity index is 2.16. The third-order valence-corrected chi connectivity index (χ3v) is 2.83. The Bertz CT molecular complexity index is 560. The van der Waals surface area contributed by atoms with E-state index in [0.717, 1.165) is 0 Å². The van der Waals surface area contributed by atoms with Crippen LogP contribution in [-0.4, -0.2) is 4.98 Å². The molecule has 1 aromatic heterocycles. The largest absolute Gasteiger partial charge is 0.363 e. The highest BCUT2D eigenvalue weighted by Gasteiger charge is 2.09. The third-order valence-electron chi connectivity index (χ3n) is 2.52. The number of halogens is 3. The van der Waals surface area contributed by atoms with Gasteiger partial charge >= 0.3 is 0 Å². The predicted octanol–water partition coefficient (Wildman–Crippen LogP) is 4.19. The molecule has 0 saturated carbocycles. The van der Waals surface area contributed by atoms with Crippen LogP contribution in [0, 0.1) is 11.8 Å². The maximum absolute atomic E-state index is 13.3. The Morgan fingerprint density at radius 2 is 2.00 bits per heavy atom. The van der Waals surface area contributed by atoms with Crippen LogP contribution in [0.5, 0.6) is 0 Å². The fraction of sp³-hybridized carbons (Fsp3) is 0.154. The van der Waals surface area contributed by atoms with Crippen molar-refractivity contribution in [2.75, 3.05) is 5.32 Å². The van der Waals surface area contributed by atoms with Crippen molar-refractivity contribution >= 4 is 17.4 Å². The average molecular weight is 269 g/mol. The quantitative estimate of drug-likeness (QED) is 0.845. The van der Waals surface area contributed by atoms with E-state index in [1.54, 1.807) is 18.2 Å². The molecule has 0 bridgehead atoms. The van der Waals surface area contributed by atoms with E-state index in [2.05, 4.69) is 10.3 Å². The molecule has 2 aromatic rings. The molecule has 18 heavy (non-hydrogen) atoms. The second kappa shape index (κ2) is 5.31. The van der Waals surface area contributed by atoms with Crippen LogP contribution in [-0.2, 0) is 0 Å². The van der Waals surface area contributed by atoms with Crippen LogP contribution >= 0.6 is 11.6 Å². The van der Waals surface area contributed by atoms with Crippen LogP contribution in [0.4, 0.5) is 14.6 Å². The van der Waals surface area contributed by atoms with Crippen molar-refractivity contribution in [3.05, 3.63) is 58.7 Å². The lowest BCUT2D eigenvalue weighted by atomic mass is 10.1. The maximum atomic E-state index is 13.3. The van der Waals surface area contributed by atoms with Gasteiger partial charge in [-0.1, -0.05) is 23.7 Å². The van der Waals surface area contributed by atoms with E-state index in [9.17, 15) is 8.78 Å². The highest BCUT2D eigenvalue weighted by atomic mass is 35.5. The Labute approximate surface area is 109 Å².